The first kappa shape index (κ1) is 32.0. The monoisotopic (exact) mass is 548 g/mol. The van der Waals surface area contributed by atoms with E-state index in [1.807, 2.05) is 24.8 Å². The molecule has 4 atom stereocenters. The molecule has 0 aromatic heterocycles. The average Bonchev–Trinajstić information content (AvgIpc) is 3.74. The number of hydrogen-bond donors (Lipinski definition) is 0. The number of terminal acetylenes is 1. The summed E-state index contributed by atoms with van der Waals surface area (Å²) in [7, 11) is 0. The Morgan fingerprint density at radius 3 is 2.80 bits per heavy atom. The number of allylic oxidation sites excluding steroid dienone is 3. The summed E-state index contributed by atoms with van der Waals surface area (Å²) >= 11 is 0. The van der Waals surface area contributed by atoms with Crippen molar-refractivity contribution in [3.05, 3.63) is 53.3 Å². The van der Waals surface area contributed by atoms with Gasteiger partial charge >= 0.3 is 0 Å². The van der Waals surface area contributed by atoms with Crippen molar-refractivity contribution in [1.29, 1.82) is 0 Å². The molecule has 5 heteroatoms. The quantitative estimate of drug-likeness (QED) is 0.206. The molecule has 4 rings (SSSR count). The number of fused-ring (bicyclic) bond motifs is 1. The van der Waals surface area contributed by atoms with Crippen molar-refractivity contribution in [3.8, 4) is 18.1 Å². The fourth-order valence-electron chi connectivity index (χ4n) is 6.34. The van der Waals surface area contributed by atoms with Crippen LogP contribution in [0.25, 0.3) is 0 Å². The molecule has 2 fully saturated rings. The summed E-state index contributed by atoms with van der Waals surface area (Å²) in [6.07, 6.45) is 19.9. The molecule has 3 aliphatic rings. The normalized spacial score (nSPS) is 23.3. The molecule has 220 valence electrons. The van der Waals surface area contributed by atoms with Gasteiger partial charge in [0.1, 0.15) is 5.75 Å². The number of benzene rings is 1. The van der Waals surface area contributed by atoms with Crippen LogP contribution < -0.4 is 4.74 Å². The fourth-order valence-corrected chi connectivity index (χ4v) is 6.34. The Morgan fingerprint density at radius 1 is 1.27 bits per heavy atom. The zero-order valence-corrected chi connectivity index (χ0v) is 25.7. The van der Waals surface area contributed by atoms with Gasteiger partial charge in [-0.3, -0.25) is 9.69 Å². The van der Waals surface area contributed by atoms with Gasteiger partial charge in [-0.25, -0.2) is 0 Å². The Balaban J connectivity index is 0.00000216. The van der Waals surface area contributed by atoms with Crippen LogP contribution in [-0.4, -0.2) is 60.7 Å². The molecule has 0 bridgehead atoms. The standard InChI is InChI=1S/C33H46N2O3.C2H6/c1-5-8-12-29(11-7-3)35(17-9-6-2)33(36)24-34-23-28(26-14-15-32-27(21-26)16-19-38-32)22-30(34)20-25(4)31-13-10-18-37-31;1-2/h1,8,11-12,14-15,21,25,28,30-31H,6-7,9-10,13,16-20,22-24H2,2-4H3;1-2H3/b12-8-,29-11+;. The molecule has 40 heavy (non-hydrogen) atoms. The second kappa shape index (κ2) is 16.7. The molecule has 5 nitrogen and oxygen atoms in total. The van der Waals surface area contributed by atoms with Gasteiger partial charge < -0.3 is 14.4 Å². The SMILES string of the molecule is C#C/C=C\C(=C/CC)N(CCCC)C(=O)CN1CC(c2ccc3c(c2)CCO3)CC1CC(C)C1CCCO1.CC. The third-order valence-corrected chi connectivity index (χ3v) is 8.41. The van der Waals surface area contributed by atoms with E-state index in [0.29, 0.717) is 30.5 Å². The van der Waals surface area contributed by atoms with Crippen molar-refractivity contribution in [1.82, 2.24) is 9.80 Å². The number of ether oxygens (including phenoxy) is 2. The number of carbonyl (C=O) groups is 1. The van der Waals surface area contributed by atoms with Crippen molar-refractivity contribution in [2.24, 2.45) is 5.92 Å². The highest BCUT2D eigenvalue weighted by molar-refractivity contribution is 5.80. The Morgan fingerprint density at radius 2 is 2.10 bits per heavy atom. The molecule has 0 aliphatic carbocycles. The number of nitrogens with zero attached hydrogens (tertiary/aromatic N) is 2. The van der Waals surface area contributed by atoms with E-state index >= 15 is 0 Å². The summed E-state index contributed by atoms with van der Waals surface area (Å²) in [5, 5.41) is 0. The Bertz CT molecular complexity index is 1030. The van der Waals surface area contributed by atoms with E-state index in [1.54, 1.807) is 6.08 Å². The topological polar surface area (TPSA) is 42.0 Å². The highest BCUT2D eigenvalue weighted by Crippen LogP contribution is 2.38. The van der Waals surface area contributed by atoms with E-state index < -0.39 is 0 Å². The molecule has 1 amide bonds. The van der Waals surface area contributed by atoms with Gasteiger partial charge in [-0.15, -0.1) is 6.42 Å². The minimum atomic E-state index is 0.164. The molecule has 0 N–H and O–H groups in total. The van der Waals surface area contributed by atoms with Crippen LogP contribution >= 0.6 is 0 Å². The van der Waals surface area contributed by atoms with Crippen molar-refractivity contribution in [3.63, 3.8) is 0 Å². The van der Waals surface area contributed by atoms with Crippen LogP contribution in [0.1, 0.15) is 96.6 Å². The largest absolute Gasteiger partial charge is 0.493 e. The van der Waals surface area contributed by atoms with E-state index in [1.165, 1.54) is 11.1 Å². The van der Waals surface area contributed by atoms with Gasteiger partial charge in [0.15, 0.2) is 0 Å². The summed E-state index contributed by atoms with van der Waals surface area (Å²) < 4.78 is 11.8. The lowest BCUT2D eigenvalue weighted by Crippen LogP contribution is -2.43. The second-order valence-corrected chi connectivity index (χ2v) is 11.2. The Kier molecular flexibility index (Phi) is 13.3. The van der Waals surface area contributed by atoms with Crippen LogP contribution in [0.15, 0.2) is 42.1 Å². The van der Waals surface area contributed by atoms with Gasteiger partial charge in [-0.1, -0.05) is 65.2 Å². The summed E-state index contributed by atoms with van der Waals surface area (Å²) in [6, 6.07) is 7.09. The summed E-state index contributed by atoms with van der Waals surface area (Å²) in [5.74, 6) is 4.69. The first-order valence-corrected chi connectivity index (χ1v) is 15.8. The third kappa shape index (κ3) is 8.48. The number of likely N-dealkylation sites (tertiary alicyclic amines) is 1. The predicted molar refractivity (Wildman–Crippen MR) is 165 cm³/mol. The number of unbranched alkanes of at least 4 members (excludes halogenated alkanes) is 1. The summed E-state index contributed by atoms with van der Waals surface area (Å²) in [4.78, 5) is 18.3. The van der Waals surface area contributed by atoms with E-state index in [9.17, 15) is 4.79 Å². The smallest absolute Gasteiger partial charge is 0.241 e. The van der Waals surface area contributed by atoms with E-state index in [2.05, 4.69) is 55.9 Å². The summed E-state index contributed by atoms with van der Waals surface area (Å²) in [6.45, 7) is 14.3. The fraction of sp³-hybridized carbons (Fsp3) is 0.629. The van der Waals surface area contributed by atoms with Gasteiger partial charge in [0, 0.05) is 37.9 Å². The van der Waals surface area contributed by atoms with Crippen LogP contribution in [0.4, 0.5) is 0 Å². The van der Waals surface area contributed by atoms with Crippen molar-refractivity contribution in [2.75, 3.05) is 32.8 Å². The Hall–Kier alpha value is -2.55. The molecule has 0 radical (unpaired) electrons. The van der Waals surface area contributed by atoms with Gasteiger partial charge in [-0.05, 0) is 79.7 Å². The number of carbonyl (C=O) groups excluding carboxylic acids is 1. The third-order valence-electron chi connectivity index (χ3n) is 8.41. The molecule has 3 aliphatic heterocycles. The molecule has 1 aromatic carbocycles. The molecular weight excluding hydrogens is 496 g/mol. The maximum absolute atomic E-state index is 13.9. The van der Waals surface area contributed by atoms with Crippen molar-refractivity contribution in [2.45, 2.75) is 104 Å². The second-order valence-electron chi connectivity index (χ2n) is 11.2. The number of hydrogen-bond acceptors (Lipinski definition) is 4. The van der Waals surface area contributed by atoms with Gasteiger partial charge in [-0.2, -0.15) is 0 Å². The van der Waals surface area contributed by atoms with Gasteiger partial charge in [0.05, 0.1) is 19.3 Å². The predicted octanol–water partition coefficient (Wildman–Crippen LogP) is 7.12. The van der Waals surface area contributed by atoms with E-state index in [4.69, 9.17) is 15.9 Å². The first-order valence-electron chi connectivity index (χ1n) is 15.8. The summed E-state index contributed by atoms with van der Waals surface area (Å²) in [5.41, 5.74) is 3.62. The maximum atomic E-state index is 13.9. The van der Waals surface area contributed by atoms with Crippen LogP contribution in [-0.2, 0) is 16.0 Å². The van der Waals surface area contributed by atoms with Crippen molar-refractivity contribution >= 4 is 5.91 Å². The van der Waals surface area contributed by atoms with Crippen LogP contribution in [0.3, 0.4) is 0 Å². The van der Waals surface area contributed by atoms with Crippen LogP contribution in [0.2, 0.25) is 0 Å². The van der Waals surface area contributed by atoms with Gasteiger partial charge in [0.2, 0.25) is 5.91 Å². The van der Waals surface area contributed by atoms with Crippen LogP contribution in [0, 0.1) is 18.3 Å². The maximum Gasteiger partial charge on any atom is 0.241 e. The van der Waals surface area contributed by atoms with Crippen LogP contribution in [0.5, 0.6) is 5.75 Å². The molecule has 2 saturated heterocycles. The first-order chi connectivity index (χ1) is 19.5. The highest BCUT2D eigenvalue weighted by atomic mass is 16.5. The lowest BCUT2D eigenvalue weighted by atomic mass is 9.89. The molecular formula is C35H52N2O3. The number of amides is 1. The molecule has 1 aromatic rings. The van der Waals surface area contributed by atoms with Crippen molar-refractivity contribution < 1.29 is 14.3 Å². The molecule has 0 saturated carbocycles. The lowest BCUT2D eigenvalue weighted by Gasteiger charge is -2.31. The molecule has 4 unspecified atom stereocenters. The van der Waals surface area contributed by atoms with E-state index in [-0.39, 0.29) is 5.91 Å². The lowest BCUT2D eigenvalue weighted by molar-refractivity contribution is -0.130. The van der Waals surface area contributed by atoms with Gasteiger partial charge in [0.25, 0.3) is 0 Å². The number of rotatable bonds is 12. The zero-order chi connectivity index (χ0) is 28.9. The Labute approximate surface area is 244 Å². The molecule has 3 heterocycles. The van der Waals surface area contributed by atoms with E-state index in [0.717, 1.165) is 89.1 Å². The molecule has 0 spiro atoms. The average molecular weight is 549 g/mol. The highest BCUT2D eigenvalue weighted by Gasteiger charge is 2.37. The zero-order valence-electron chi connectivity index (χ0n) is 25.7. The minimum absolute atomic E-state index is 0.164. The minimum Gasteiger partial charge on any atom is -0.493 e.